The fourth-order valence-corrected chi connectivity index (χ4v) is 10.1. The third-order valence-electron chi connectivity index (χ3n) is 13.4. The van der Waals surface area contributed by atoms with Crippen LogP contribution in [0, 0.1) is 6.07 Å². The summed E-state index contributed by atoms with van der Waals surface area (Å²) in [5.74, 6) is 0.292. The molecule has 1 radical (unpaired) electrons. The van der Waals surface area contributed by atoms with E-state index in [0.717, 1.165) is 68.1 Å². The van der Waals surface area contributed by atoms with Gasteiger partial charge in [0.05, 0.1) is 22.4 Å². The molecule has 5 heteroatoms. The van der Waals surface area contributed by atoms with Gasteiger partial charge >= 0.3 is 0 Å². The van der Waals surface area contributed by atoms with E-state index in [2.05, 4.69) is 201 Å². The van der Waals surface area contributed by atoms with E-state index in [9.17, 15) is 0 Å². The number of rotatable bonds is 7. The second-order valence-corrected chi connectivity index (χ2v) is 17.5. The van der Waals surface area contributed by atoms with Crippen molar-refractivity contribution < 1.29 is 20.1 Å². The van der Waals surface area contributed by atoms with Crippen molar-refractivity contribution in [3.8, 4) is 61.6 Å². The molecule has 3 aromatic heterocycles. The minimum atomic E-state index is -0.151. The number of pyridine rings is 2. The molecule has 10 aromatic rings. The standard InChI is InChI=1S/C60H43N4.Ir/c1-60(2)53-21-7-6-20-49(53)50-36-52-51-35-43(41-17-12-16-40(30-41)42-18-13-19-44(31-42)57-26-24-45(38-63-57)39-14-4-3-5-15-39)25-27-58(51)64(59(52)37-54(50)60)48-33-46(55-22-8-10-28-61-55)32-47(34-48)56-23-9-11-29-62-56;/h3-18,20-23,25-38,45H,24H2,1-2H3;/q-1;. The van der Waals surface area contributed by atoms with Crippen molar-refractivity contribution in [2.45, 2.75) is 31.6 Å². The molecule has 1 aliphatic carbocycles. The molecular weight excluding hydrogens is 969 g/mol. The van der Waals surface area contributed by atoms with Gasteiger partial charge < -0.3 is 9.56 Å². The van der Waals surface area contributed by atoms with Crippen molar-refractivity contribution in [3.05, 3.63) is 229 Å². The van der Waals surface area contributed by atoms with Crippen LogP contribution in [0.3, 0.4) is 0 Å². The number of allylic oxidation sites excluding steroid dienone is 1. The first-order valence-corrected chi connectivity index (χ1v) is 22.1. The van der Waals surface area contributed by atoms with Crippen LogP contribution < -0.4 is 0 Å². The predicted octanol–water partition coefficient (Wildman–Crippen LogP) is 14.9. The van der Waals surface area contributed by atoms with Gasteiger partial charge in [-0.15, -0.1) is 35.4 Å². The Balaban J connectivity index is 0.00000469. The second-order valence-electron chi connectivity index (χ2n) is 17.5. The Morgan fingerprint density at radius 1 is 0.538 bits per heavy atom. The van der Waals surface area contributed by atoms with Crippen LogP contribution in [0.2, 0.25) is 0 Å². The molecule has 1 aliphatic heterocycles. The Kier molecular flexibility index (Phi) is 10.2. The molecule has 65 heavy (non-hydrogen) atoms. The molecule has 0 saturated heterocycles. The zero-order chi connectivity index (χ0) is 42.8. The van der Waals surface area contributed by atoms with Crippen LogP contribution in [0.5, 0.6) is 0 Å². The van der Waals surface area contributed by atoms with Crippen LogP contribution in [-0.4, -0.2) is 20.7 Å². The summed E-state index contributed by atoms with van der Waals surface area (Å²) in [6.07, 6.45) is 8.98. The van der Waals surface area contributed by atoms with Crippen molar-refractivity contribution in [2.24, 2.45) is 4.99 Å². The van der Waals surface area contributed by atoms with Gasteiger partial charge in [-0.2, -0.15) is 0 Å². The molecule has 2 aliphatic rings. The molecule has 12 rings (SSSR count). The average molecular weight is 1010 g/mol. The fraction of sp³-hybridized carbons (Fsp3) is 0.0833. The van der Waals surface area contributed by atoms with E-state index in [0.29, 0.717) is 5.92 Å². The first-order valence-electron chi connectivity index (χ1n) is 22.1. The van der Waals surface area contributed by atoms with Gasteiger partial charge in [0.1, 0.15) is 0 Å². The van der Waals surface area contributed by atoms with Crippen molar-refractivity contribution in [1.82, 2.24) is 14.5 Å². The molecular formula is C60H43IrN4-. The van der Waals surface area contributed by atoms with Crippen molar-refractivity contribution >= 4 is 33.7 Å². The third-order valence-corrected chi connectivity index (χ3v) is 13.4. The summed E-state index contributed by atoms with van der Waals surface area (Å²) in [6, 6.07) is 69.1. The fourth-order valence-electron chi connectivity index (χ4n) is 10.1. The van der Waals surface area contributed by atoms with Crippen molar-refractivity contribution in [1.29, 1.82) is 0 Å². The van der Waals surface area contributed by atoms with E-state index in [-0.39, 0.29) is 25.5 Å². The quantitative estimate of drug-likeness (QED) is 0.149. The summed E-state index contributed by atoms with van der Waals surface area (Å²) >= 11 is 0. The largest absolute Gasteiger partial charge is 0.309 e. The summed E-state index contributed by atoms with van der Waals surface area (Å²) in [6.45, 7) is 4.72. The summed E-state index contributed by atoms with van der Waals surface area (Å²) in [5, 5.41) is 2.43. The summed E-state index contributed by atoms with van der Waals surface area (Å²) < 4.78 is 2.45. The van der Waals surface area contributed by atoms with Gasteiger partial charge in [0.25, 0.3) is 0 Å². The van der Waals surface area contributed by atoms with Crippen molar-refractivity contribution in [2.75, 3.05) is 0 Å². The van der Waals surface area contributed by atoms with Crippen LogP contribution in [0.4, 0.5) is 0 Å². The molecule has 4 nitrogen and oxygen atoms in total. The van der Waals surface area contributed by atoms with Gasteiger partial charge in [-0.25, -0.2) is 0 Å². The molecule has 0 spiro atoms. The Morgan fingerprint density at radius 2 is 1.20 bits per heavy atom. The maximum atomic E-state index is 4.91. The normalized spacial score (nSPS) is 14.7. The average Bonchev–Trinajstić information content (AvgIpc) is 3.81. The summed E-state index contributed by atoms with van der Waals surface area (Å²) in [7, 11) is 0. The zero-order valence-electron chi connectivity index (χ0n) is 36.0. The van der Waals surface area contributed by atoms with Crippen LogP contribution in [0.25, 0.3) is 89.1 Å². The van der Waals surface area contributed by atoms with Gasteiger partial charge in [0.2, 0.25) is 0 Å². The summed E-state index contributed by atoms with van der Waals surface area (Å²) in [5.41, 5.74) is 20.4. The minimum absolute atomic E-state index is 0. The van der Waals surface area contributed by atoms with E-state index in [1.54, 1.807) is 0 Å². The predicted molar refractivity (Wildman–Crippen MR) is 265 cm³/mol. The van der Waals surface area contributed by atoms with Crippen molar-refractivity contribution in [3.63, 3.8) is 0 Å². The Morgan fingerprint density at radius 3 is 1.91 bits per heavy atom. The second kappa shape index (κ2) is 16.4. The first kappa shape index (κ1) is 40.5. The third kappa shape index (κ3) is 7.09. The molecule has 7 aromatic carbocycles. The number of fused-ring (bicyclic) bond motifs is 6. The Labute approximate surface area is 393 Å². The van der Waals surface area contributed by atoms with Crippen LogP contribution in [0.15, 0.2) is 205 Å². The van der Waals surface area contributed by atoms with Crippen LogP contribution >= 0.6 is 0 Å². The molecule has 1 atom stereocenters. The molecule has 0 bridgehead atoms. The van der Waals surface area contributed by atoms with E-state index >= 15 is 0 Å². The molecule has 0 saturated carbocycles. The minimum Gasteiger partial charge on any atom is -0.309 e. The molecule has 4 heterocycles. The van der Waals surface area contributed by atoms with Gasteiger partial charge in [-0.1, -0.05) is 111 Å². The van der Waals surface area contributed by atoms with Crippen LogP contribution in [-0.2, 0) is 25.5 Å². The molecule has 313 valence electrons. The number of aliphatic imine (C=N–C) groups is 1. The van der Waals surface area contributed by atoms with Gasteiger partial charge in [0, 0.05) is 77.6 Å². The van der Waals surface area contributed by atoms with E-state index in [1.165, 1.54) is 49.7 Å². The number of hydrogen-bond donors (Lipinski definition) is 0. The monoisotopic (exact) mass is 1010 g/mol. The van der Waals surface area contributed by atoms with E-state index in [1.807, 2.05) is 30.6 Å². The Bertz CT molecular complexity index is 3440. The molecule has 0 amide bonds. The maximum Gasteiger partial charge on any atom is 0.0702 e. The SMILES string of the molecule is CC1(C)c2ccccc2-c2cc3c4cc(-c5cccc(-c6cc[c-]c(C7=CCC(c8ccccc8)C=N7)c6)c5)ccc4n(-c4cc(-c5ccccn5)cc(-c5ccccn5)c4)c3cc21.[Ir]. The first-order chi connectivity index (χ1) is 31.5. The molecule has 1 unspecified atom stereocenters. The topological polar surface area (TPSA) is 43.1 Å². The van der Waals surface area contributed by atoms with Gasteiger partial charge in [-0.3, -0.25) is 9.97 Å². The number of aromatic nitrogens is 3. The van der Waals surface area contributed by atoms with E-state index < -0.39 is 0 Å². The summed E-state index contributed by atoms with van der Waals surface area (Å²) in [4.78, 5) is 14.5. The maximum absolute atomic E-state index is 4.91. The zero-order valence-corrected chi connectivity index (χ0v) is 38.4. The smallest absolute Gasteiger partial charge is 0.0702 e. The molecule has 0 fully saturated rings. The van der Waals surface area contributed by atoms with Gasteiger partial charge in [0.15, 0.2) is 0 Å². The van der Waals surface area contributed by atoms with Crippen LogP contribution in [0.1, 0.15) is 48.4 Å². The molecule has 0 N–H and O–H groups in total. The van der Waals surface area contributed by atoms with Gasteiger partial charge in [-0.05, 0) is 129 Å². The van der Waals surface area contributed by atoms with E-state index in [4.69, 9.17) is 15.0 Å². The number of benzene rings is 7. The number of hydrogen-bond acceptors (Lipinski definition) is 3. The number of nitrogens with zero attached hydrogens (tertiary/aromatic N) is 4. The Hall–Kier alpha value is -7.30.